The fourth-order valence-corrected chi connectivity index (χ4v) is 1.85. The summed E-state index contributed by atoms with van der Waals surface area (Å²) >= 11 is 1.75. The highest BCUT2D eigenvalue weighted by Crippen LogP contribution is 2.25. The minimum Gasteiger partial charge on any atom is -0.265 e. The molecule has 0 saturated carbocycles. The third-order valence-electron chi connectivity index (χ3n) is 1.63. The molecule has 0 aliphatic rings. The summed E-state index contributed by atoms with van der Waals surface area (Å²) in [5.41, 5.74) is 0. The molecule has 2 aromatic rings. The van der Waals surface area contributed by atoms with Gasteiger partial charge in [0.1, 0.15) is 0 Å². The number of nitrogens with zero attached hydrogens (tertiary/aromatic N) is 1. The summed E-state index contributed by atoms with van der Waals surface area (Å²) in [5, 5.41) is 0. The van der Waals surface area contributed by atoms with E-state index < -0.39 is 0 Å². The Kier molecular flexibility index (Phi) is 4.97. The van der Waals surface area contributed by atoms with Crippen LogP contribution in [0, 0.1) is 0 Å². The fraction of sp³-hybridized carbons (Fsp3) is 0. The fourth-order valence-electron chi connectivity index (χ4n) is 1.03. The summed E-state index contributed by atoms with van der Waals surface area (Å²) in [7, 11) is 0. The van der Waals surface area contributed by atoms with Gasteiger partial charge in [-0.15, -0.1) is 24.0 Å². The highest BCUT2D eigenvalue weighted by atomic mass is 127. The van der Waals surface area contributed by atoms with Crippen molar-refractivity contribution in [1.29, 1.82) is 0 Å². The molecular formula is C11H10INS. The van der Waals surface area contributed by atoms with Crippen LogP contribution in [0.5, 0.6) is 0 Å². The topological polar surface area (TPSA) is 12.9 Å². The Hall–Kier alpha value is -0.550. The predicted molar refractivity (Wildman–Crippen MR) is 70.2 cm³/mol. The molecule has 72 valence electrons. The zero-order valence-corrected chi connectivity index (χ0v) is 10.6. The number of rotatable bonds is 2. The van der Waals surface area contributed by atoms with Crippen LogP contribution < -0.4 is 0 Å². The molecule has 0 spiro atoms. The van der Waals surface area contributed by atoms with Gasteiger partial charge in [0.05, 0.1) is 0 Å². The van der Waals surface area contributed by atoms with Gasteiger partial charge >= 0.3 is 0 Å². The molecule has 0 saturated heterocycles. The van der Waals surface area contributed by atoms with Gasteiger partial charge in [0.15, 0.2) is 0 Å². The number of pyridine rings is 1. The van der Waals surface area contributed by atoms with E-state index in [-0.39, 0.29) is 24.0 Å². The SMILES string of the molecule is I.c1ccc(Sc2ccncc2)cc1. The summed E-state index contributed by atoms with van der Waals surface area (Å²) in [4.78, 5) is 6.46. The Bertz CT molecular complexity index is 326. The van der Waals surface area contributed by atoms with Crippen molar-refractivity contribution >= 4 is 35.7 Å². The second kappa shape index (κ2) is 6.03. The molecule has 1 aromatic carbocycles. The van der Waals surface area contributed by atoms with E-state index in [9.17, 15) is 0 Å². The molecule has 0 bridgehead atoms. The van der Waals surface area contributed by atoms with Gasteiger partial charge in [0.25, 0.3) is 0 Å². The standard InChI is InChI=1S/C11H9NS.HI/c1-2-4-10(5-3-1)13-11-6-8-12-9-7-11;/h1-9H;1H. The van der Waals surface area contributed by atoms with Gasteiger partial charge in [-0.1, -0.05) is 30.0 Å². The summed E-state index contributed by atoms with van der Waals surface area (Å²) in [5.74, 6) is 0. The Morgan fingerprint density at radius 3 is 2.00 bits per heavy atom. The van der Waals surface area contributed by atoms with Gasteiger partial charge in [0.2, 0.25) is 0 Å². The Balaban J connectivity index is 0.000000980. The maximum Gasteiger partial charge on any atom is 0.0279 e. The Morgan fingerprint density at radius 2 is 1.36 bits per heavy atom. The molecule has 0 N–H and O–H groups in total. The molecule has 1 aromatic heterocycles. The second-order valence-corrected chi connectivity index (χ2v) is 3.74. The van der Waals surface area contributed by atoms with Crippen molar-refractivity contribution in [2.45, 2.75) is 9.79 Å². The van der Waals surface area contributed by atoms with Crippen molar-refractivity contribution in [3.05, 3.63) is 54.9 Å². The molecule has 0 radical (unpaired) electrons. The first-order valence-corrected chi connectivity index (χ1v) is 4.90. The molecule has 1 heterocycles. The van der Waals surface area contributed by atoms with E-state index in [2.05, 4.69) is 17.1 Å². The molecule has 14 heavy (non-hydrogen) atoms. The van der Waals surface area contributed by atoms with Gasteiger partial charge in [-0.25, -0.2) is 0 Å². The molecule has 2 rings (SSSR count). The third-order valence-corrected chi connectivity index (χ3v) is 2.64. The summed E-state index contributed by atoms with van der Waals surface area (Å²) in [6, 6.07) is 14.3. The van der Waals surface area contributed by atoms with Crippen LogP contribution >= 0.6 is 35.7 Å². The van der Waals surface area contributed by atoms with Crippen molar-refractivity contribution in [3.8, 4) is 0 Å². The third kappa shape index (κ3) is 3.31. The first-order chi connectivity index (χ1) is 6.45. The monoisotopic (exact) mass is 315 g/mol. The molecule has 0 amide bonds. The molecule has 3 heteroatoms. The minimum absolute atomic E-state index is 0. The van der Waals surface area contributed by atoms with E-state index in [0.29, 0.717) is 0 Å². The summed E-state index contributed by atoms with van der Waals surface area (Å²) in [6.07, 6.45) is 3.62. The van der Waals surface area contributed by atoms with Crippen molar-refractivity contribution in [3.63, 3.8) is 0 Å². The largest absolute Gasteiger partial charge is 0.265 e. The van der Waals surface area contributed by atoms with Crippen LogP contribution in [0.25, 0.3) is 0 Å². The number of halogens is 1. The van der Waals surface area contributed by atoms with Crippen LogP contribution in [0.2, 0.25) is 0 Å². The van der Waals surface area contributed by atoms with Crippen LogP contribution in [0.15, 0.2) is 64.6 Å². The minimum atomic E-state index is 0. The van der Waals surface area contributed by atoms with Crippen LogP contribution in [-0.4, -0.2) is 4.98 Å². The molecule has 0 aliphatic carbocycles. The lowest BCUT2D eigenvalue weighted by atomic mass is 10.4. The van der Waals surface area contributed by atoms with Crippen molar-refractivity contribution < 1.29 is 0 Å². The van der Waals surface area contributed by atoms with E-state index in [1.807, 2.05) is 42.7 Å². The van der Waals surface area contributed by atoms with E-state index in [0.717, 1.165) is 0 Å². The van der Waals surface area contributed by atoms with Crippen molar-refractivity contribution in [1.82, 2.24) is 4.98 Å². The zero-order valence-electron chi connectivity index (χ0n) is 7.46. The van der Waals surface area contributed by atoms with Crippen molar-refractivity contribution in [2.75, 3.05) is 0 Å². The molecule has 0 fully saturated rings. The van der Waals surface area contributed by atoms with E-state index in [1.54, 1.807) is 11.8 Å². The number of benzene rings is 1. The average Bonchev–Trinajstić information content (AvgIpc) is 2.21. The average molecular weight is 315 g/mol. The lowest BCUT2D eigenvalue weighted by molar-refractivity contribution is 1.26. The lowest BCUT2D eigenvalue weighted by Crippen LogP contribution is -1.73. The highest BCUT2D eigenvalue weighted by Gasteiger charge is 1.93. The molecule has 1 nitrogen and oxygen atoms in total. The smallest absolute Gasteiger partial charge is 0.0279 e. The predicted octanol–water partition coefficient (Wildman–Crippen LogP) is 3.85. The molecule has 0 atom stereocenters. The maximum absolute atomic E-state index is 3.97. The van der Waals surface area contributed by atoms with Gasteiger partial charge in [0, 0.05) is 22.2 Å². The Morgan fingerprint density at radius 1 is 0.786 bits per heavy atom. The van der Waals surface area contributed by atoms with Gasteiger partial charge in [-0.3, -0.25) is 4.98 Å². The van der Waals surface area contributed by atoms with Crippen molar-refractivity contribution in [2.24, 2.45) is 0 Å². The van der Waals surface area contributed by atoms with Gasteiger partial charge in [-0.2, -0.15) is 0 Å². The van der Waals surface area contributed by atoms with Crippen LogP contribution in [-0.2, 0) is 0 Å². The normalized spacial score (nSPS) is 9.14. The summed E-state index contributed by atoms with van der Waals surface area (Å²) in [6.45, 7) is 0. The highest BCUT2D eigenvalue weighted by molar-refractivity contribution is 14.0. The molecule has 0 unspecified atom stereocenters. The number of hydrogen-bond acceptors (Lipinski definition) is 2. The van der Waals surface area contributed by atoms with E-state index in [4.69, 9.17) is 0 Å². The summed E-state index contributed by atoms with van der Waals surface area (Å²) < 4.78 is 0. The maximum atomic E-state index is 3.97. The van der Waals surface area contributed by atoms with Crippen LogP contribution in [0.3, 0.4) is 0 Å². The number of aromatic nitrogens is 1. The van der Waals surface area contributed by atoms with E-state index >= 15 is 0 Å². The van der Waals surface area contributed by atoms with Crippen LogP contribution in [0.4, 0.5) is 0 Å². The van der Waals surface area contributed by atoms with Gasteiger partial charge in [-0.05, 0) is 24.3 Å². The quantitative estimate of drug-likeness (QED) is 0.781. The molecular weight excluding hydrogens is 305 g/mol. The van der Waals surface area contributed by atoms with E-state index in [1.165, 1.54) is 9.79 Å². The molecule has 0 aliphatic heterocycles. The van der Waals surface area contributed by atoms with Gasteiger partial charge < -0.3 is 0 Å². The first kappa shape index (κ1) is 11.5. The number of hydrogen-bond donors (Lipinski definition) is 0. The second-order valence-electron chi connectivity index (χ2n) is 2.60. The zero-order chi connectivity index (χ0) is 8.93. The van der Waals surface area contributed by atoms with Crippen LogP contribution in [0.1, 0.15) is 0 Å². The lowest BCUT2D eigenvalue weighted by Gasteiger charge is -1.99. The Labute approximate surface area is 105 Å². The first-order valence-electron chi connectivity index (χ1n) is 4.08.